The van der Waals surface area contributed by atoms with Crippen LogP contribution in [0.15, 0.2) is 24.6 Å². The molecule has 2 heterocycles. The number of hydrazine groups is 2. The molecule has 1 aromatic rings. The highest BCUT2D eigenvalue weighted by Gasteiger charge is 2.36. The van der Waals surface area contributed by atoms with Crippen LogP contribution in [0.25, 0.3) is 0 Å². The van der Waals surface area contributed by atoms with E-state index in [0.717, 1.165) is 4.68 Å². The van der Waals surface area contributed by atoms with Gasteiger partial charge in [0, 0.05) is 31.8 Å². The summed E-state index contributed by atoms with van der Waals surface area (Å²) in [5.74, 6) is -3.76. The minimum Gasteiger partial charge on any atom is -0.287 e. The summed E-state index contributed by atoms with van der Waals surface area (Å²) in [7, 11) is 0. The summed E-state index contributed by atoms with van der Waals surface area (Å²) < 4.78 is 54.4. The molecule has 0 bridgehead atoms. The van der Waals surface area contributed by atoms with Crippen LogP contribution in [0.1, 0.15) is 48.3 Å². The van der Waals surface area contributed by atoms with Crippen molar-refractivity contribution >= 4 is 5.91 Å². The third kappa shape index (κ3) is 4.14. The molecule has 0 aromatic carbocycles. The van der Waals surface area contributed by atoms with Gasteiger partial charge in [-0.05, 0) is 30.9 Å². The molecule has 1 saturated carbocycles. The lowest BCUT2D eigenvalue weighted by Gasteiger charge is -2.28. The van der Waals surface area contributed by atoms with Gasteiger partial charge < -0.3 is 0 Å². The highest BCUT2D eigenvalue weighted by Crippen LogP contribution is 2.37. The second-order valence-electron chi connectivity index (χ2n) is 6.25. The SMILES string of the molecule is O=C(NN1C=CC=CN1)c1nnn(CC2CCC(F)(F)CC2)c1C(F)F. The van der Waals surface area contributed by atoms with E-state index in [2.05, 4.69) is 21.2 Å². The summed E-state index contributed by atoms with van der Waals surface area (Å²) >= 11 is 0. The van der Waals surface area contributed by atoms with Crippen molar-refractivity contribution in [2.75, 3.05) is 0 Å². The molecule has 26 heavy (non-hydrogen) atoms. The van der Waals surface area contributed by atoms with Crippen LogP contribution in [0.5, 0.6) is 0 Å². The Hall–Kier alpha value is -2.59. The fraction of sp³-hybridized carbons (Fsp3) is 0.533. The lowest BCUT2D eigenvalue weighted by molar-refractivity contribution is -0.0480. The average molecular weight is 374 g/mol. The van der Waals surface area contributed by atoms with Gasteiger partial charge in [0.05, 0.1) is 0 Å². The number of allylic oxidation sites excluding steroid dienone is 2. The minimum absolute atomic E-state index is 0.0284. The molecule has 0 radical (unpaired) electrons. The lowest BCUT2D eigenvalue weighted by Crippen LogP contribution is -2.46. The van der Waals surface area contributed by atoms with E-state index >= 15 is 0 Å². The maximum Gasteiger partial charge on any atom is 0.293 e. The maximum absolute atomic E-state index is 13.5. The van der Waals surface area contributed by atoms with E-state index in [1.54, 1.807) is 12.2 Å². The van der Waals surface area contributed by atoms with Gasteiger partial charge in [0.1, 0.15) is 5.69 Å². The molecule has 2 N–H and O–H groups in total. The normalized spacial score (nSPS) is 19.7. The number of amides is 1. The molecular weight excluding hydrogens is 356 g/mol. The van der Waals surface area contributed by atoms with Crippen LogP contribution in [0.2, 0.25) is 0 Å². The summed E-state index contributed by atoms with van der Waals surface area (Å²) in [4.78, 5) is 12.2. The van der Waals surface area contributed by atoms with Gasteiger partial charge in [-0.25, -0.2) is 32.8 Å². The standard InChI is InChI=1S/C15H18F4N6O/c16-13(17)12-11(14(26)22-25-8-2-1-7-20-25)21-23-24(12)9-10-3-5-15(18,19)6-4-10/h1-2,7-8,10,13,20H,3-6,9H2,(H,22,26). The van der Waals surface area contributed by atoms with Crippen LogP contribution in [0, 0.1) is 5.92 Å². The Balaban J connectivity index is 1.70. The van der Waals surface area contributed by atoms with Crippen LogP contribution < -0.4 is 10.9 Å². The zero-order valence-corrected chi connectivity index (χ0v) is 13.7. The number of carbonyl (C=O) groups is 1. The molecule has 1 fully saturated rings. The van der Waals surface area contributed by atoms with Crippen molar-refractivity contribution in [1.29, 1.82) is 0 Å². The van der Waals surface area contributed by atoms with Crippen LogP contribution >= 0.6 is 0 Å². The Kier molecular flexibility index (Phi) is 5.14. The molecule has 1 aliphatic heterocycles. The molecule has 0 atom stereocenters. The Morgan fingerprint density at radius 1 is 1.35 bits per heavy atom. The number of nitrogens with zero attached hydrogens (tertiary/aromatic N) is 4. The molecule has 0 unspecified atom stereocenters. The Morgan fingerprint density at radius 3 is 2.69 bits per heavy atom. The minimum atomic E-state index is -2.97. The first-order valence-electron chi connectivity index (χ1n) is 8.15. The summed E-state index contributed by atoms with van der Waals surface area (Å²) in [5, 5.41) is 8.40. The van der Waals surface area contributed by atoms with Crippen molar-refractivity contribution in [3.8, 4) is 0 Å². The van der Waals surface area contributed by atoms with Gasteiger partial charge in [-0.2, -0.15) is 0 Å². The number of carbonyl (C=O) groups excluding carboxylic acids is 1. The van der Waals surface area contributed by atoms with E-state index in [4.69, 9.17) is 0 Å². The highest BCUT2D eigenvalue weighted by molar-refractivity contribution is 5.93. The molecule has 0 saturated heterocycles. The first-order valence-corrected chi connectivity index (χ1v) is 8.15. The number of rotatable bonds is 5. The van der Waals surface area contributed by atoms with Gasteiger partial charge in [0.25, 0.3) is 12.3 Å². The fourth-order valence-electron chi connectivity index (χ4n) is 2.95. The molecule has 2 aliphatic rings. The molecule has 7 nitrogen and oxygen atoms in total. The van der Waals surface area contributed by atoms with Gasteiger partial charge in [0.15, 0.2) is 5.69 Å². The number of nitrogens with one attached hydrogen (secondary N) is 2. The molecule has 1 aliphatic carbocycles. The monoisotopic (exact) mass is 374 g/mol. The van der Waals surface area contributed by atoms with E-state index in [1.807, 2.05) is 0 Å². The van der Waals surface area contributed by atoms with Crippen LogP contribution in [0.3, 0.4) is 0 Å². The van der Waals surface area contributed by atoms with E-state index in [-0.39, 0.29) is 38.1 Å². The fourth-order valence-corrected chi connectivity index (χ4v) is 2.95. The molecular formula is C15H18F4N6O. The summed E-state index contributed by atoms with van der Waals surface area (Å²) in [6, 6.07) is 0. The topological polar surface area (TPSA) is 75.1 Å². The quantitative estimate of drug-likeness (QED) is 0.775. The van der Waals surface area contributed by atoms with Gasteiger partial charge >= 0.3 is 0 Å². The zero-order chi connectivity index (χ0) is 18.7. The van der Waals surface area contributed by atoms with Crippen molar-refractivity contribution in [2.45, 2.75) is 44.6 Å². The smallest absolute Gasteiger partial charge is 0.287 e. The third-order valence-corrected chi connectivity index (χ3v) is 4.34. The third-order valence-electron chi connectivity index (χ3n) is 4.34. The summed E-state index contributed by atoms with van der Waals surface area (Å²) in [5.41, 5.74) is 3.92. The zero-order valence-electron chi connectivity index (χ0n) is 13.7. The number of alkyl halides is 4. The predicted molar refractivity (Wildman–Crippen MR) is 82.6 cm³/mol. The predicted octanol–water partition coefficient (Wildman–Crippen LogP) is 2.53. The van der Waals surface area contributed by atoms with E-state index in [1.165, 1.54) is 17.5 Å². The van der Waals surface area contributed by atoms with Crippen molar-refractivity contribution in [3.63, 3.8) is 0 Å². The van der Waals surface area contributed by atoms with Crippen LogP contribution in [-0.4, -0.2) is 31.9 Å². The number of hydrogen-bond donors (Lipinski definition) is 2. The van der Waals surface area contributed by atoms with Gasteiger partial charge in [-0.1, -0.05) is 5.21 Å². The Bertz CT molecular complexity index is 707. The maximum atomic E-state index is 13.5. The summed E-state index contributed by atoms with van der Waals surface area (Å²) in [6.45, 7) is 0.0284. The van der Waals surface area contributed by atoms with Crippen LogP contribution in [-0.2, 0) is 6.54 Å². The average Bonchev–Trinajstić information content (AvgIpc) is 3.02. The van der Waals surface area contributed by atoms with Crippen LogP contribution in [0.4, 0.5) is 17.6 Å². The van der Waals surface area contributed by atoms with Gasteiger partial charge in [-0.15, -0.1) is 5.10 Å². The first kappa shape index (κ1) is 18.2. The Morgan fingerprint density at radius 2 is 2.08 bits per heavy atom. The second-order valence-corrected chi connectivity index (χ2v) is 6.25. The van der Waals surface area contributed by atoms with E-state index in [9.17, 15) is 22.4 Å². The molecule has 3 rings (SSSR count). The largest absolute Gasteiger partial charge is 0.293 e. The van der Waals surface area contributed by atoms with Crippen molar-refractivity contribution in [1.82, 2.24) is 31.0 Å². The van der Waals surface area contributed by atoms with Crippen molar-refractivity contribution < 1.29 is 22.4 Å². The van der Waals surface area contributed by atoms with Gasteiger partial charge in [0.2, 0.25) is 5.92 Å². The molecule has 11 heteroatoms. The second kappa shape index (κ2) is 7.34. The Labute approximate surface area is 146 Å². The number of halogens is 4. The highest BCUT2D eigenvalue weighted by atomic mass is 19.3. The van der Waals surface area contributed by atoms with E-state index in [0.29, 0.717) is 0 Å². The van der Waals surface area contributed by atoms with Crippen molar-refractivity contribution in [3.05, 3.63) is 35.9 Å². The molecule has 1 amide bonds. The molecule has 1 aromatic heterocycles. The number of aromatic nitrogens is 3. The van der Waals surface area contributed by atoms with Gasteiger partial charge in [-0.3, -0.25) is 10.2 Å². The molecule has 142 valence electrons. The lowest BCUT2D eigenvalue weighted by atomic mass is 9.87. The van der Waals surface area contributed by atoms with Crippen molar-refractivity contribution in [2.24, 2.45) is 5.92 Å². The molecule has 0 spiro atoms. The first-order chi connectivity index (χ1) is 12.4. The summed E-state index contributed by atoms with van der Waals surface area (Å²) in [6.07, 6.45) is 3.22. The number of hydrogen-bond acceptors (Lipinski definition) is 5. The van der Waals surface area contributed by atoms with E-state index < -0.39 is 29.6 Å².